The number of methoxy groups -OCH3 is 1. The van der Waals surface area contributed by atoms with Crippen molar-refractivity contribution in [3.8, 4) is 0 Å². The van der Waals surface area contributed by atoms with E-state index in [-0.39, 0.29) is 11.5 Å². The first kappa shape index (κ1) is 23.1. The average Bonchev–Trinajstić information content (AvgIpc) is 2.85. The van der Waals surface area contributed by atoms with Crippen LogP contribution in [0.3, 0.4) is 0 Å². The molecule has 1 amide bonds. The normalized spacial score (nSPS) is 14.2. The van der Waals surface area contributed by atoms with Crippen LogP contribution < -0.4 is 5.56 Å². The van der Waals surface area contributed by atoms with Crippen molar-refractivity contribution >= 4 is 28.3 Å². The van der Waals surface area contributed by atoms with Crippen molar-refractivity contribution in [1.29, 1.82) is 0 Å². The summed E-state index contributed by atoms with van der Waals surface area (Å²) < 4.78 is 5.49. The molecule has 34 heavy (non-hydrogen) atoms. The molecule has 10 nitrogen and oxygen atoms in total. The summed E-state index contributed by atoms with van der Waals surface area (Å²) in [5, 5.41) is 13.6. The number of hydrogen-bond acceptors (Lipinski definition) is 7. The highest BCUT2D eigenvalue weighted by Crippen LogP contribution is 2.20. The lowest BCUT2D eigenvalue weighted by Crippen LogP contribution is -2.49. The smallest absolute Gasteiger partial charge is 0.339 e. The van der Waals surface area contributed by atoms with E-state index in [4.69, 9.17) is 0 Å². The van der Waals surface area contributed by atoms with Gasteiger partial charge in [-0.15, -0.1) is 0 Å². The zero-order valence-corrected chi connectivity index (χ0v) is 18.7. The molecule has 2 aromatic carbocycles. The van der Waals surface area contributed by atoms with Gasteiger partial charge < -0.3 is 9.64 Å². The summed E-state index contributed by atoms with van der Waals surface area (Å²) in [4.78, 5) is 51.4. The maximum absolute atomic E-state index is 12.9. The molecule has 1 aromatic heterocycles. The average molecular weight is 464 g/mol. The fourth-order valence-electron chi connectivity index (χ4n) is 4.17. The second-order valence-corrected chi connectivity index (χ2v) is 8.09. The molecule has 4 rings (SSSR count). The summed E-state index contributed by atoms with van der Waals surface area (Å²) in [5.41, 5.74) is -0.672. The van der Waals surface area contributed by atoms with Gasteiger partial charge in [-0.05, 0) is 16.3 Å². The Morgan fingerprint density at radius 2 is 1.76 bits per heavy atom. The number of piperazine rings is 1. The predicted molar refractivity (Wildman–Crippen MR) is 125 cm³/mol. The Kier molecular flexibility index (Phi) is 6.69. The number of carbonyl (C=O) groups excluding carboxylic acids is 2. The molecule has 2 heterocycles. The Bertz CT molecular complexity index is 1310. The van der Waals surface area contributed by atoms with E-state index in [1.165, 1.54) is 16.3 Å². The molecule has 3 aromatic rings. The third-order valence-electron chi connectivity index (χ3n) is 5.99. The molecular formula is C24H24N4O6. The molecule has 0 saturated carbocycles. The topological polar surface area (TPSA) is 115 Å². The number of hydrogen-bond donors (Lipinski definition) is 0. The summed E-state index contributed by atoms with van der Waals surface area (Å²) in [6.07, 6.45) is 1.12. The highest BCUT2D eigenvalue weighted by atomic mass is 16.6. The maximum Gasteiger partial charge on any atom is 0.339 e. The number of fused-ring (bicyclic) bond motifs is 1. The number of esters is 1. The van der Waals surface area contributed by atoms with Crippen molar-refractivity contribution in [2.45, 2.75) is 13.1 Å². The fraction of sp³-hybridized carbons (Fsp3) is 0.292. The van der Waals surface area contributed by atoms with Crippen LogP contribution in [0.25, 0.3) is 10.8 Å². The van der Waals surface area contributed by atoms with Crippen molar-refractivity contribution in [2.75, 3.05) is 33.3 Å². The van der Waals surface area contributed by atoms with E-state index in [1.807, 2.05) is 18.2 Å². The Hall–Kier alpha value is -4.05. The summed E-state index contributed by atoms with van der Waals surface area (Å²) in [5.74, 6) is -1.17. The predicted octanol–water partition coefficient (Wildman–Crippen LogP) is 2.04. The van der Waals surface area contributed by atoms with Crippen LogP contribution >= 0.6 is 0 Å². The molecule has 0 aliphatic carbocycles. The van der Waals surface area contributed by atoms with Crippen LogP contribution in [0.2, 0.25) is 0 Å². The first-order valence-corrected chi connectivity index (χ1v) is 10.8. The molecule has 1 saturated heterocycles. The lowest BCUT2D eigenvalue weighted by molar-refractivity contribution is -0.386. The van der Waals surface area contributed by atoms with Crippen molar-refractivity contribution in [1.82, 2.24) is 14.4 Å². The first-order valence-electron chi connectivity index (χ1n) is 10.8. The quantitative estimate of drug-likeness (QED) is 0.311. The third-order valence-corrected chi connectivity index (χ3v) is 5.99. The van der Waals surface area contributed by atoms with Gasteiger partial charge in [-0.2, -0.15) is 0 Å². The van der Waals surface area contributed by atoms with Crippen LogP contribution in [0, 0.1) is 10.1 Å². The number of aromatic nitrogens is 1. The molecule has 1 fully saturated rings. The first-order chi connectivity index (χ1) is 16.4. The Morgan fingerprint density at radius 3 is 2.47 bits per heavy atom. The number of pyridine rings is 1. The van der Waals surface area contributed by atoms with Crippen LogP contribution in [0.1, 0.15) is 15.9 Å². The summed E-state index contributed by atoms with van der Waals surface area (Å²) >= 11 is 0. The van der Waals surface area contributed by atoms with E-state index >= 15 is 0 Å². The van der Waals surface area contributed by atoms with Crippen molar-refractivity contribution in [3.63, 3.8) is 0 Å². The van der Waals surface area contributed by atoms with E-state index in [9.17, 15) is 24.5 Å². The second kappa shape index (κ2) is 9.84. The molecule has 0 spiro atoms. The van der Waals surface area contributed by atoms with Gasteiger partial charge in [0.05, 0.1) is 17.6 Å². The molecule has 1 aliphatic rings. The summed E-state index contributed by atoms with van der Waals surface area (Å²) in [6, 6.07) is 15.3. The van der Waals surface area contributed by atoms with E-state index in [1.54, 1.807) is 4.90 Å². The number of amides is 1. The number of ether oxygens (including phenoxy) is 1. The second-order valence-electron chi connectivity index (χ2n) is 8.09. The Morgan fingerprint density at radius 1 is 1.06 bits per heavy atom. The minimum atomic E-state index is -0.944. The Labute approximate surface area is 195 Å². The highest BCUT2D eigenvalue weighted by Gasteiger charge is 2.25. The van der Waals surface area contributed by atoms with Gasteiger partial charge >= 0.3 is 17.2 Å². The third kappa shape index (κ3) is 4.81. The lowest BCUT2D eigenvalue weighted by atomic mass is 10.0. The van der Waals surface area contributed by atoms with Gasteiger partial charge in [0.1, 0.15) is 6.54 Å². The zero-order chi connectivity index (χ0) is 24.2. The fourth-order valence-corrected chi connectivity index (χ4v) is 4.17. The number of rotatable bonds is 6. The molecule has 10 heteroatoms. The largest absolute Gasteiger partial charge is 0.465 e. The van der Waals surface area contributed by atoms with E-state index in [0.717, 1.165) is 30.5 Å². The summed E-state index contributed by atoms with van der Waals surface area (Å²) in [7, 11) is 1.13. The molecule has 0 unspecified atom stereocenters. The van der Waals surface area contributed by atoms with Crippen LogP contribution in [0.15, 0.2) is 59.5 Å². The van der Waals surface area contributed by atoms with Crippen LogP contribution in [0.4, 0.5) is 5.69 Å². The van der Waals surface area contributed by atoms with Crippen molar-refractivity contribution in [2.24, 2.45) is 0 Å². The van der Waals surface area contributed by atoms with Gasteiger partial charge in [-0.25, -0.2) is 4.79 Å². The van der Waals surface area contributed by atoms with Crippen LogP contribution in [-0.2, 0) is 22.6 Å². The van der Waals surface area contributed by atoms with Crippen molar-refractivity contribution < 1.29 is 19.2 Å². The standard InChI is InChI=1S/C24H24N4O6/c1-34-24(31)19-13-21(28(32)33)23(30)27(15-19)16-22(29)26-11-9-25(10-12-26)14-18-7-4-6-17-5-2-3-8-20(17)18/h2-8,13,15H,9-12,14,16H2,1H3. The zero-order valence-electron chi connectivity index (χ0n) is 18.7. The number of nitro groups is 1. The van der Waals surface area contributed by atoms with E-state index < -0.39 is 28.7 Å². The molecule has 0 bridgehead atoms. The minimum Gasteiger partial charge on any atom is -0.465 e. The van der Waals surface area contributed by atoms with Gasteiger partial charge in [-0.3, -0.25) is 29.2 Å². The van der Waals surface area contributed by atoms with Crippen LogP contribution in [-0.4, -0.2) is 64.5 Å². The Balaban J connectivity index is 1.43. The van der Waals surface area contributed by atoms with Gasteiger partial charge in [0.25, 0.3) is 0 Å². The monoisotopic (exact) mass is 464 g/mol. The van der Waals surface area contributed by atoms with Gasteiger partial charge in [0, 0.05) is 45.0 Å². The van der Waals surface area contributed by atoms with Gasteiger partial charge in [-0.1, -0.05) is 42.5 Å². The number of carbonyl (C=O) groups is 2. The molecule has 0 radical (unpaired) electrons. The lowest BCUT2D eigenvalue weighted by Gasteiger charge is -2.35. The molecule has 1 aliphatic heterocycles. The van der Waals surface area contributed by atoms with E-state index in [2.05, 4.69) is 33.9 Å². The van der Waals surface area contributed by atoms with E-state index in [0.29, 0.717) is 26.2 Å². The summed E-state index contributed by atoms with van der Waals surface area (Å²) in [6.45, 7) is 2.62. The molecule has 176 valence electrons. The highest BCUT2D eigenvalue weighted by molar-refractivity contribution is 5.89. The van der Waals surface area contributed by atoms with Gasteiger partial charge in [0.2, 0.25) is 5.91 Å². The maximum atomic E-state index is 12.9. The molecule has 0 N–H and O–H groups in total. The van der Waals surface area contributed by atoms with Crippen molar-refractivity contribution in [3.05, 3.63) is 86.3 Å². The van der Waals surface area contributed by atoms with Gasteiger partial charge in [0.15, 0.2) is 0 Å². The van der Waals surface area contributed by atoms with Crippen LogP contribution in [0.5, 0.6) is 0 Å². The minimum absolute atomic E-state index is 0.165. The molecule has 0 atom stereocenters. The molecular weight excluding hydrogens is 440 g/mol. The number of nitrogens with zero attached hydrogens (tertiary/aromatic N) is 4. The SMILES string of the molecule is COC(=O)c1cc([N+](=O)[O-])c(=O)n(CC(=O)N2CCN(Cc3cccc4ccccc34)CC2)c1. The number of benzene rings is 2.